The highest BCUT2D eigenvalue weighted by atomic mass is 16.5. The summed E-state index contributed by atoms with van der Waals surface area (Å²) in [6.07, 6.45) is 5.03. The lowest BCUT2D eigenvalue weighted by molar-refractivity contribution is -0.124. The molecule has 2 atom stereocenters. The molecule has 2 aromatic carbocycles. The standard InChI is InChI=1S/C30H37N3O7/c1-20-7-10-22(11-8-20)33-28(34)19-40-26-12-9-21(16-27(26)37-2)15-25(29(35)31-17-23-5-3-13-38-23)30(36)32-18-24-6-4-14-39-24/h7-12,15-16,23-24H,3-6,13-14,17-19H2,1-2H3,(H,31,35)(H,32,36)(H,33,34)/t23-,24-/m1/s1. The number of methoxy groups -OCH3 is 1. The number of carbonyl (C=O) groups excluding carboxylic acids is 3. The molecule has 2 saturated heterocycles. The fraction of sp³-hybridized carbons (Fsp3) is 0.433. The number of rotatable bonds is 12. The maximum atomic E-state index is 13.1. The van der Waals surface area contributed by atoms with Crippen LogP contribution in [0.4, 0.5) is 5.69 Å². The van der Waals surface area contributed by atoms with Gasteiger partial charge in [-0.05, 0) is 68.5 Å². The van der Waals surface area contributed by atoms with Gasteiger partial charge in [-0.2, -0.15) is 0 Å². The number of carbonyl (C=O) groups is 3. The van der Waals surface area contributed by atoms with E-state index in [2.05, 4.69) is 16.0 Å². The molecule has 0 aromatic heterocycles. The van der Waals surface area contributed by atoms with Crippen LogP contribution in [-0.2, 0) is 23.9 Å². The monoisotopic (exact) mass is 551 g/mol. The number of aryl methyl sites for hydroxylation is 1. The van der Waals surface area contributed by atoms with Crippen molar-refractivity contribution in [2.45, 2.75) is 44.8 Å². The summed E-state index contributed by atoms with van der Waals surface area (Å²) in [4.78, 5) is 38.5. The minimum absolute atomic E-state index is 0.0378. The molecule has 0 aliphatic carbocycles. The molecule has 2 aromatic rings. The van der Waals surface area contributed by atoms with E-state index in [1.54, 1.807) is 18.2 Å². The van der Waals surface area contributed by atoms with Gasteiger partial charge in [0.1, 0.15) is 5.57 Å². The molecule has 2 aliphatic heterocycles. The van der Waals surface area contributed by atoms with Crippen molar-refractivity contribution >= 4 is 29.5 Å². The van der Waals surface area contributed by atoms with Crippen LogP contribution >= 0.6 is 0 Å². The van der Waals surface area contributed by atoms with Crippen molar-refractivity contribution in [1.29, 1.82) is 0 Å². The van der Waals surface area contributed by atoms with E-state index in [1.807, 2.05) is 31.2 Å². The Kier molecular flexibility index (Phi) is 10.5. The first-order chi connectivity index (χ1) is 19.4. The van der Waals surface area contributed by atoms with Crippen LogP contribution in [0.15, 0.2) is 48.0 Å². The van der Waals surface area contributed by atoms with Crippen LogP contribution in [0.3, 0.4) is 0 Å². The van der Waals surface area contributed by atoms with Gasteiger partial charge in [-0.1, -0.05) is 23.8 Å². The van der Waals surface area contributed by atoms with Gasteiger partial charge in [0, 0.05) is 32.0 Å². The van der Waals surface area contributed by atoms with Gasteiger partial charge in [-0.15, -0.1) is 0 Å². The van der Waals surface area contributed by atoms with Crippen LogP contribution in [0.2, 0.25) is 0 Å². The predicted molar refractivity (Wildman–Crippen MR) is 150 cm³/mol. The summed E-state index contributed by atoms with van der Waals surface area (Å²) >= 11 is 0. The number of amides is 3. The van der Waals surface area contributed by atoms with Gasteiger partial charge in [-0.3, -0.25) is 14.4 Å². The smallest absolute Gasteiger partial charge is 0.262 e. The van der Waals surface area contributed by atoms with Gasteiger partial charge >= 0.3 is 0 Å². The van der Waals surface area contributed by atoms with E-state index in [4.69, 9.17) is 18.9 Å². The zero-order chi connectivity index (χ0) is 28.3. The highest BCUT2D eigenvalue weighted by Crippen LogP contribution is 2.29. The topological polar surface area (TPSA) is 124 Å². The molecule has 3 N–H and O–H groups in total. The van der Waals surface area contributed by atoms with Gasteiger partial charge in [0.25, 0.3) is 17.7 Å². The first-order valence-corrected chi connectivity index (χ1v) is 13.6. The van der Waals surface area contributed by atoms with E-state index in [1.165, 1.54) is 13.2 Å². The van der Waals surface area contributed by atoms with Crippen LogP contribution in [0, 0.1) is 6.92 Å². The predicted octanol–water partition coefficient (Wildman–Crippen LogP) is 2.99. The molecule has 0 radical (unpaired) electrons. The van der Waals surface area contributed by atoms with E-state index in [0.29, 0.717) is 49.1 Å². The number of hydrogen-bond donors (Lipinski definition) is 3. The number of ether oxygens (including phenoxy) is 4. The third-order valence-corrected chi connectivity index (χ3v) is 6.71. The van der Waals surface area contributed by atoms with Crippen molar-refractivity contribution in [2.75, 3.05) is 45.3 Å². The zero-order valence-corrected chi connectivity index (χ0v) is 23.0. The first kappa shape index (κ1) is 29.1. The summed E-state index contributed by atoms with van der Waals surface area (Å²) in [5.74, 6) is -0.593. The zero-order valence-electron chi connectivity index (χ0n) is 23.0. The average molecular weight is 552 g/mol. The molecule has 3 amide bonds. The molecule has 0 unspecified atom stereocenters. The number of hydrogen-bond acceptors (Lipinski definition) is 7. The largest absolute Gasteiger partial charge is 0.493 e. The molecule has 0 bridgehead atoms. The summed E-state index contributed by atoms with van der Waals surface area (Å²) in [6.45, 7) is 3.76. The van der Waals surface area contributed by atoms with E-state index in [0.717, 1.165) is 31.2 Å². The lowest BCUT2D eigenvalue weighted by atomic mass is 10.1. The summed E-state index contributed by atoms with van der Waals surface area (Å²) in [5, 5.41) is 8.43. The molecule has 10 heteroatoms. The van der Waals surface area contributed by atoms with Crippen molar-refractivity contribution in [2.24, 2.45) is 0 Å². The lowest BCUT2D eigenvalue weighted by Crippen LogP contribution is -2.40. The van der Waals surface area contributed by atoms with Crippen LogP contribution < -0.4 is 25.4 Å². The highest BCUT2D eigenvalue weighted by molar-refractivity contribution is 6.21. The average Bonchev–Trinajstić information content (AvgIpc) is 3.68. The van der Waals surface area contributed by atoms with E-state index >= 15 is 0 Å². The maximum Gasteiger partial charge on any atom is 0.262 e. The normalized spacial score (nSPS) is 18.1. The second-order valence-electron chi connectivity index (χ2n) is 9.86. The summed E-state index contributed by atoms with van der Waals surface area (Å²) in [6, 6.07) is 12.4. The van der Waals surface area contributed by atoms with Crippen LogP contribution in [0.25, 0.3) is 6.08 Å². The minimum atomic E-state index is -0.493. The molecule has 40 heavy (non-hydrogen) atoms. The Morgan fingerprint density at radius 1 is 0.900 bits per heavy atom. The summed E-state index contributed by atoms with van der Waals surface area (Å²) < 4.78 is 22.3. The summed E-state index contributed by atoms with van der Waals surface area (Å²) in [5.41, 5.74) is 2.29. The Morgan fingerprint density at radius 2 is 1.52 bits per heavy atom. The van der Waals surface area contributed by atoms with Crippen molar-refractivity contribution < 1.29 is 33.3 Å². The molecular formula is C30H37N3O7. The summed E-state index contributed by atoms with van der Waals surface area (Å²) in [7, 11) is 1.48. The Hall–Kier alpha value is -3.89. The number of benzene rings is 2. The second kappa shape index (κ2) is 14.5. The second-order valence-corrected chi connectivity index (χ2v) is 9.86. The first-order valence-electron chi connectivity index (χ1n) is 13.6. The molecule has 2 fully saturated rings. The van der Waals surface area contributed by atoms with E-state index in [-0.39, 0.29) is 30.3 Å². The molecule has 2 heterocycles. The molecule has 2 aliphatic rings. The SMILES string of the molecule is COc1cc(C=C(C(=O)NC[C@H]2CCCO2)C(=O)NC[C@H]2CCCO2)ccc1OCC(=O)Nc1ccc(C)cc1. The number of nitrogens with one attached hydrogen (secondary N) is 3. The lowest BCUT2D eigenvalue weighted by Gasteiger charge is -2.15. The van der Waals surface area contributed by atoms with Crippen LogP contribution in [0.5, 0.6) is 11.5 Å². The van der Waals surface area contributed by atoms with Crippen LogP contribution in [-0.4, -0.2) is 69.9 Å². The molecular weight excluding hydrogens is 514 g/mol. The fourth-order valence-electron chi connectivity index (χ4n) is 4.49. The maximum absolute atomic E-state index is 13.1. The van der Waals surface area contributed by atoms with Gasteiger partial charge in [-0.25, -0.2) is 0 Å². The highest BCUT2D eigenvalue weighted by Gasteiger charge is 2.23. The van der Waals surface area contributed by atoms with Gasteiger partial charge < -0.3 is 34.9 Å². The molecule has 4 rings (SSSR count). The molecule has 0 saturated carbocycles. The Morgan fingerprint density at radius 3 is 2.08 bits per heavy atom. The van der Waals surface area contributed by atoms with Crippen molar-refractivity contribution in [3.8, 4) is 11.5 Å². The number of anilines is 1. The van der Waals surface area contributed by atoms with Gasteiger partial charge in [0.15, 0.2) is 18.1 Å². The Labute approximate surface area is 234 Å². The van der Waals surface area contributed by atoms with Gasteiger partial charge in [0.05, 0.1) is 19.3 Å². The van der Waals surface area contributed by atoms with Crippen molar-refractivity contribution in [1.82, 2.24) is 10.6 Å². The quantitative estimate of drug-likeness (QED) is 0.210. The van der Waals surface area contributed by atoms with Gasteiger partial charge in [0.2, 0.25) is 0 Å². The molecule has 214 valence electrons. The Bertz CT molecular complexity index is 1170. The van der Waals surface area contributed by atoms with E-state index in [9.17, 15) is 14.4 Å². The fourth-order valence-corrected chi connectivity index (χ4v) is 4.49. The van der Waals surface area contributed by atoms with Crippen molar-refractivity contribution in [3.63, 3.8) is 0 Å². The molecule has 10 nitrogen and oxygen atoms in total. The minimum Gasteiger partial charge on any atom is -0.493 e. The van der Waals surface area contributed by atoms with Crippen LogP contribution in [0.1, 0.15) is 36.8 Å². The molecule has 0 spiro atoms. The third-order valence-electron chi connectivity index (χ3n) is 6.71. The van der Waals surface area contributed by atoms with E-state index < -0.39 is 11.8 Å². The third kappa shape index (κ3) is 8.56. The van der Waals surface area contributed by atoms with Crippen molar-refractivity contribution in [3.05, 3.63) is 59.2 Å². The Balaban J connectivity index is 1.43.